The second-order valence-corrected chi connectivity index (χ2v) is 5.75. The molecule has 0 saturated heterocycles. The van der Waals surface area contributed by atoms with E-state index in [4.69, 9.17) is 4.74 Å². The van der Waals surface area contributed by atoms with Crippen LogP contribution >= 0.6 is 0 Å². The summed E-state index contributed by atoms with van der Waals surface area (Å²) in [5.41, 5.74) is 0.906. The molecule has 0 aliphatic heterocycles. The second-order valence-electron chi connectivity index (χ2n) is 5.75. The highest BCUT2D eigenvalue weighted by atomic mass is 16.5. The number of rotatable bonds is 8. The summed E-state index contributed by atoms with van der Waals surface area (Å²) in [5, 5.41) is 12.6. The highest BCUT2D eigenvalue weighted by molar-refractivity contribution is 5.78. The van der Waals surface area contributed by atoms with E-state index >= 15 is 0 Å². The van der Waals surface area contributed by atoms with Crippen molar-refractivity contribution in [3.8, 4) is 5.75 Å². The first-order valence-corrected chi connectivity index (χ1v) is 7.62. The normalized spacial score (nSPS) is 13.8. The molecular weight excluding hydrogens is 266 g/mol. The summed E-state index contributed by atoms with van der Waals surface area (Å²) in [5.74, 6) is 0.877. The van der Waals surface area contributed by atoms with Crippen LogP contribution in [0.4, 0.5) is 0 Å². The van der Waals surface area contributed by atoms with Crippen molar-refractivity contribution >= 4 is 5.91 Å². The van der Waals surface area contributed by atoms with Crippen molar-refractivity contribution in [1.82, 2.24) is 5.32 Å². The molecule has 0 aromatic heterocycles. The summed E-state index contributed by atoms with van der Waals surface area (Å²) in [7, 11) is 0. The molecule has 4 heteroatoms. The summed E-state index contributed by atoms with van der Waals surface area (Å²) in [4.78, 5) is 11.9. The SMILES string of the molecule is CCC(C)C(O)CNC(=O)Cc1cccc(OC(C)C)c1. The fourth-order valence-electron chi connectivity index (χ4n) is 1.94. The van der Waals surface area contributed by atoms with Gasteiger partial charge in [0, 0.05) is 6.54 Å². The number of aliphatic hydroxyl groups is 1. The van der Waals surface area contributed by atoms with E-state index in [1.54, 1.807) is 0 Å². The van der Waals surface area contributed by atoms with Crippen molar-refractivity contribution in [2.45, 2.75) is 52.7 Å². The van der Waals surface area contributed by atoms with Crippen LogP contribution in [0.25, 0.3) is 0 Å². The van der Waals surface area contributed by atoms with E-state index in [1.165, 1.54) is 0 Å². The maximum Gasteiger partial charge on any atom is 0.224 e. The predicted octanol–water partition coefficient (Wildman–Crippen LogP) is 2.54. The van der Waals surface area contributed by atoms with Crippen LogP contribution in [-0.4, -0.2) is 29.8 Å². The molecule has 0 spiro atoms. The number of amides is 1. The number of nitrogens with one attached hydrogen (secondary N) is 1. The Bertz CT molecular complexity index is 445. The first-order valence-electron chi connectivity index (χ1n) is 7.62. The zero-order chi connectivity index (χ0) is 15.8. The average Bonchev–Trinajstić information content (AvgIpc) is 2.43. The summed E-state index contributed by atoms with van der Waals surface area (Å²) in [6, 6.07) is 7.55. The van der Waals surface area contributed by atoms with Crippen LogP contribution in [0.15, 0.2) is 24.3 Å². The van der Waals surface area contributed by atoms with Gasteiger partial charge in [0.05, 0.1) is 18.6 Å². The highest BCUT2D eigenvalue weighted by Crippen LogP contribution is 2.15. The van der Waals surface area contributed by atoms with Crippen LogP contribution in [-0.2, 0) is 11.2 Å². The van der Waals surface area contributed by atoms with Crippen molar-refractivity contribution < 1.29 is 14.6 Å². The van der Waals surface area contributed by atoms with E-state index in [0.717, 1.165) is 17.7 Å². The van der Waals surface area contributed by atoms with Crippen LogP contribution in [0.5, 0.6) is 5.75 Å². The zero-order valence-corrected chi connectivity index (χ0v) is 13.4. The van der Waals surface area contributed by atoms with Gasteiger partial charge in [0.15, 0.2) is 0 Å². The molecule has 0 fully saturated rings. The molecule has 1 rings (SSSR count). The quantitative estimate of drug-likeness (QED) is 0.774. The second kappa shape index (κ2) is 8.67. The summed E-state index contributed by atoms with van der Waals surface area (Å²) >= 11 is 0. The fourth-order valence-corrected chi connectivity index (χ4v) is 1.94. The lowest BCUT2D eigenvalue weighted by Crippen LogP contribution is -2.36. The first kappa shape index (κ1) is 17.5. The van der Waals surface area contributed by atoms with Gasteiger partial charge in [-0.3, -0.25) is 4.79 Å². The number of ether oxygens (including phenoxy) is 1. The molecule has 1 aromatic rings. The Morgan fingerprint density at radius 1 is 1.33 bits per heavy atom. The standard InChI is InChI=1S/C17H27NO3/c1-5-13(4)16(19)11-18-17(20)10-14-7-6-8-15(9-14)21-12(2)3/h6-9,12-13,16,19H,5,10-11H2,1-4H3,(H,18,20). The Kier molecular flexibility index (Phi) is 7.23. The average molecular weight is 293 g/mol. The number of carbonyl (C=O) groups excluding carboxylic acids is 1. The van der Waals surface area contributed by atoms with E-state index in [9.17, 15) is 9.90 Å². The number of hydrogen-bond acceptors (Lipinski definition) is 3. The summed E-state index contributed by atoms with van der Waals surface area (Å²) in [6.07, 6.45) is 0.808. The fraction of sp³-hybridized carbons (Fsp3) is 0.588. The van der Waals surface area contributed by atoms with Gasteiger partial charge in [-0.2, -0.15) is 0 Å². The lowest BCUT2D eigenvalue weighted by atomic mass is 10.0. The van der Waals surface area contributed by atoms with Crippen LogP contribution in [0.1, 0.15) is 39.7 Å². The number of hydrogen-bond donors (Lipinski definition) is 2. The predicted molar refractivity (Wildman–Crippen MR) is 84.4 cm³/mol. The van der Waals surface area contributed by atoms with Gasteiger partial charge in [0.1, 0.15) is 5.75 Å². The van der Waals surface area contributed by atoms with Gasteiger partial charge in [0.25, 0.3) is 0 Å². The molecule has 21 heavy (non-hydrogen) atoms. The number of benzene rings is 1. The highest BCUT2D eigenvalue weighted by Gasteiger charge is 2.13. The summed E-state index contributed by atoms with van der Waals surface area (Å²) < 4.78 is 5.61. The molecule has 2 unspecified atom stereocenters. The Hall–Kier alpha value is -1.55. The van der Waals surface area contributed by atoms with Gasteiger partial charge in [0.2, 0.25) is 5.91 Å². The van der Waals surface area contributed by atoms with Crippen molar-refractivity contribution in [1.29, 1.82) is 0 Å². The molecule has 0 saturated carbocycles. The molecule has 2 atom stereocenters. The zero-order valence-electron chi connectivity index (χ0n) is 13.4. The minimum absolute atomic E-state index is 0.0842. The van der Waals surface area contributed by atoms with Crippen molar-refractivity contribution in [2.24, 2.45) is 5.92 Å². The first-order chi connectivity index (χ1) is 9.92. The Labute approximate surface area is 127 Å². The molecule has 0 heterocycles. The van der Waals surface area contributed by atoms with Crippen molar-refractivity contribution in [2.75, 3.05) is 6.54 Å². The van der Waals surface area contributed by atoms with Gasteiger partial charge >= 0.3 is 0 Å². The van der Waals surface area contributed by atoms with Crippen molar-refractivity contribution in [3.05, 3.63) is 29.8 Å². The Morgan fingerprint density at radius 3 is 2.67 bits per heavy atom. The third-order valence-corrected chi connectivity index (χ3v) is 3.44. The largest absolute Gasteiger partial charge is 0.491 e. The molecule has 2 N–H and O–H groups in total. The van der Waals surface area contributed by atoms with E-state index in [-0.39, 0.29) is 17.9 Å². The monoisotopic (exact) mass is 293 g/mol. The van der Waals surface area contributed by atoms with E-state index in [1.807, 2.05) is 52.0 Å². The lowest BCUT2D eigenvalue weighted by molar-refractivity contribution is -0.121. The lowest BCUT2D eigenvalue weighted by Gasteiger charge is -2.17. The molecule has 0 aliphatic carbocycles. The number of aliphatic hydroxyl groups excluding tert-OH is 1. The molecule has 4 nitrogen and oxygen atoms in total. The summed E-state index contributed by atoms with van der Waals surface area (Å²) in [6.45, 7) is 8.24. The van der Waals surface area contributed by atoms with E-state index < -0.39 is 6.10 Å². The molecule has 0 bridgehead atoms. The Balaban J connectivity index is 2.47. The van der Waals surface area contributed by atoms with E-state index in [0.29, 0.717) is 13.0 Å². The maximum atomic E-state index is 11.9. The minimum Gasteiger partial charge on any atom is -0.491 e. The van der Waals surface area contributed by atoms with Crippen LogP contribution in [0.2, 0.25) is 0 Å². The van der Waals surface area contributed by atoms with Gasteiger partial charge in [-0.1, -0.05) is 32.4 Å². The van der Waals surface area contributed by atoms with Crippen molar-refractivity contribution in [3.63, 3.8) is 0 Å². The Morgan fingerprint density at radius 2 is 2.05 bits per heavy atom. The van der Waals surface area contributed by atoms with Gasteiger partial charge in [-0.25, -0.2) is 0 Å². The third kappa shape index (κ3) is 6.63. The van der Waals surface area contributed by atoms with Crippen LogP contribution in [0.3, 0.4) is 0 Å². The molecular formula is C17H27NO3. The van der Waals surface area contributed by atoms with Crippen LogP contribution < -0.4 is 10.1 Å². The van der Waals surface area contributed by atoms with Gasteiger partial charge in [-0.15, -0.1) is 0 Å². The van der Waals surface area contributed by atoms with Gasteiger partial charge in [-0.05, 0) is 37.5 Å². The molecule has 118 valence electrons. The number of carbonyl (C=O) groups is 1. The third-order valence-electron chi connectivity index (χ3n) is 3.44. The van der Waals surface area contributed by atoms with Gasteiger partial charge < -0.3 is 15.2 Å². The molecule has 1 aromatic carbocycles. The minimum atomic E-state index is -0.491. The smallest absolute Gasteiger partial charge is 0.224 e. The maximum absolute atomic E-state index is 11.9. The van der Waals surface area contributed by atoms with Crippen LogP contribution in [0, 0.1) is 5.92 Å². The molecule has 1 amide bonds. The van der Waals surface area contributed by atoms with E-state index in [2.05, 4.69) is 5.32 Å². The molecule has 0 aliphatic rings. The molecule has 0 radical (unpaired) electrons. The topological polar surface area (TPSA) is 58.6 Å².